The first kappa shape index (κ1) is 18.1. The second-order valence-electron chi connectivity index (χ2n) is 6.29. The van der Waals surface area contributed by atoms with Gasteiger partial charge in [0.25, 0.3) is 0 Å². The van der Waals surface area contributed by atoms with E-state index in [1.807, 2.05) is 54.6 Å². The highest BCUT2D eigenvalue weighted by molar-refractivity contribution is 8.01. The van der Waals surface area contributed by atoms with E-state index in [9.17, 15) is 8.42 Å². The van der Waals surface area contributed by atoms with Gasteiger partial charge < -0.3 is 4.74 Å². The van der Waals surface area contributed by atoms with Gasteiger partial charge in [0, 0.05) is 28.8 Å². The molecular formula is C21H19NO3S2. The molecule has 2 aromatic carbocycles. The molecule has 3 aromatic rings. The van der Waals surface area contributed by atoms with Crippen molar-refractivity contribution in [3.05, 3.63) is 84.2 Å². The van der Waals surface area contributed by atoms with E-state index in [1.165, 1.54) is 0 Å². The number of aromatic nitrogens is 1. The van der Waals surface area contributed by atoms with Crippen LogP contribution in [-0.4, -0.2) is 25.8 Å². The molecule has 6 heteroatoms. The van der Waals surface area contributed by atoms with Crippen LogP contribution in [0.4, 0.5) is 0 Å². The molecule has 0 saturated heterocycles. The second kappa shape index (κ2) is 7.74. The number of ether oxygens (including phenoxy) is 1. The molecule has 2 heterocycles. The van der Waals surface area contributed by atoms with Crippen LogP contribution >= 0.6 is 11.8 Å². The lowest BCUT2D eigenvalue weighted by molar-refractivity contribution is 0.316. The molecule has 27 heavy (non-hydrogen) atoms. The number of thioether (sulfide) groups is 1. The number of rotatable bonds is 6. The number of nitrogens with zero attached hydrogens (tertiary/aromatic N) is 1. The van der Waals surface area contributed by atoms with Crippen LogP contribution in [0.25, 0.3) is 0 Å². The van der Waals surface area contributed by atoms with Crippen LogP contribution in [0.5, 0.6) is 5.75 Å². The summed E-state index contributed by atoms with van der Waals surface area (Å²) in [4.78, 5) is 5.74. The second-order valence-corrected chi connectivity index (χ2v) is 9.57. The summed E-state index contributed by atoms with van der Waals surface area (Å²) in [7, 11) is -3.29. The Hall–Kier alpha value is -2.31. The molecule has 0 radical (unpaired) electrons. The van der Waals surface area contributed by atoms with Gasteiger partial charge >= 0.3 is 0 Å². The standard InChI is InChI=1S/C21H19NO3S2/c23-27(24)15-19(26-17-8-2-1-3-9-17)21-18(10-6-11-20(21)27)25-14-12-16-7-4-5-13-22-16/h1-11,13,19H,12,14-15H2. The average molecular weight is 398 g/mol. The van der Waals surface area contributed by atoms with Crippen molar-refractivity contribution in [3.8, 4) is 5.75 Å². The first-order valence-electron chi connectivity index (χ1n) is 8.73. The molecule has 0 amide bonds. The van der Waals surface area contributed by atoms with E-state index >= 15 is 0 Å². The van der Waals surface area contributed by atoms with Gasteiger partial charge in [-0.15, -0.1) is 11.8 Å². The van der Waals surface area contributed by atoms with Crippen molar-refractivity contribution in [2.24, 2.45) is 0 Å². The fourth-order valence-electron chi connectivity index (χ4n) is 3.18. The van der Waals surface area contributed by atoms with Gasteiger partial charge in [0.05, 0.1) is 22.5 Å². The number of hydrogen-bond acceptors (Lipinski definition) is 5. The van der Waals surface area contributed by atoms with Gasteiger partial charge in [0.2, 0.25) is 0 Å². The van der Waals surface area contributed by atoms with Crippen molar-refractivity contribution >= 4 is 21.6 Å². The number of fused-ring (bicyclic) bond motifs is 1. The van der Waals surface area contributed by atoms with Gasteiger partial charge in [-0.05, 0) is 36.4 Å². The van der Waals surface area contributed by atoms with E-state index in [4.69, 9.17) is 4.74 Å². The van der Waals surface area contributed by atoms with Crippen LogP contribution in [0.2, 0.25) is 0 Å². The zero-order chi connectivity index (χ0) is 18.7. The summed E-state index contributed by atoms with van der Waals surface area (Å²) in [5.41, 5.74) is 1.74. The molecule has 0 bridgehead atoms. The molecule has 138 valence electrons. The Balaban J connectivity index is 1.58. The molecule has 4 nitrogen and oxygen atoms in total. The van der Waals surface area contributed by atoms with Crippen molar-refractivity contribution in [3.63, 3.8) is 0 Å². The summed E-state index contributed by atoms with van der Waals surface area (Å²) < 4.78 is 31.2. The van der Waals surface area contributed by atoms with E-state index in [0.29, 0.717) is 23.7 Å². The van der Waals surface area contributed by atoms with Crippen molar-refractivity contribution in [2.75, 3.05) is 12.4 Å². The van der Waals surface area contributed by atoms with Gasteiger partial charge in [-0.1, -0.05) is 30.3 Å². The lowest BCUT2D eigenvalue weighted by Gasteiger charge is -2.15. The molecule has 0 fully saturated rings. The zero-order valence-electron chi connectivity index (χ0n) is 14.6. The van der Waals surface area contributed by atoms with Gasteiger partial charge in [-0.25, -0.2) is 8.42 Å². The van der Waals surface area contributed by atoms with Crippen molar-refractivity contribution in [1.82, 2.24) is 4.98 Å². The summed E-state index contributed by atoms with van der Waals surface area (Å²) in [6, 6.07) is 20.9. The molecule has 1 aromatic heterocycles. The fraction of sp³-hybridized carbons (Fsp3) is 0.190. The van der Waals surface area contributed by atoms with E-state index in [2.05, 4.69) is 4.98 Å². The minimum atomic E-state index is -3.29. The van der Waals surface area contributed by atoms with E-state index in [1.54, 1.807) is 30.1 Å². The molecule has 1 aliphatic heterocycles. The molecular weight excluding hydrogens is 378 g/mol. The predicted molar refractivity (Wildman–Crippen MR) is 107 cm³/mol. The van der Waals surface area contributed by atoms with E-state index in [-0.39, 0.29) is 11.0 Å². The van der Waals surface area contributed by atoms with Crippen LogP contribution in [-0.2, 0) is 16.3 Å². The summed E-state index contributed by atoms with van der Waals surface area (Å²) in [5, 5.41) is -0.168. The fourth-order valence-corrected chi connectivity index (χ4v) is 6.68. The van der Waals surface area contributed by atoms with Gasteiger partial charge in [-0.2, -0.15) is 0 Å². The number of benzene rings is 2. The summed E-state index contributed by atoms with van der Waals surface area (Å²) >= 11 is 1.57. The van der Waals surface area contributed by atoms with Crippen LogP contribution in [0, 0.1) is 0 Å². The highest BCUT2D eigenvalue weighted by Crippen LogP contribution is 2.48. The number of pyridine rings is 1. The van der Waals surface area contributed by atoms with Gasteiger partial charge in [0.1, 0.15) is 5.75 Å². The maximum Gasteiger partial charge on any atom is 0.180 e. The Labute approximate surface area is 163 Å². The molecule has 1 unspecified atom stereocenters. The number of sulfone groups is 1. The largest absolute Gasteiger partial charge is 0.493 e. The van der Waals surface area contributed by atoms with Crippen molar-refractivity contribution in [1.29, 1.82) is 0 Å². The van der Waals surface area contributed by atoms with Crippen LogP contribution in [0.1, 0.15) is 16.5 Å². The smallest absolute Gasteiger partial charge is 0.180 e. The van der Waals surface area contributed by atoms with Crippen LogP contribution in [0.15, 0.2) is 82.7 Å². The molecule has 4 rings (SSSR count). The normalized spacial score (nSPS) is 17.4. The Bertz CT molecular complexity index is 1020. The van der Waals surface area contributed by atoms with Gasteiger partial charge in [-0.3, -0.25) is 4.98 Å². The summed E-state index contributed by atoms with van der Waals surface area (Å²) in [5.74, 6) is 0.751. The first-order chi connectivity index (χ1) is 13.1. The Kier molecular flexibility index (Phi) is 5.18. The molecule has 1 atom stereocenters. The molecule has 0 N–H and O–H groups in total. The third-order valence-corrected chi connectivity index (χ3v) is 7.66. The summed E-state index contributed by atoms with van der Waals surface area (Å²) in [6.07, 6.45) is 2.43. The maximum atomic E-state index is 12.6. The van der Waals surface area contributed by atoms with Crippen LogP contribution in [0.3, 0.4) is 0 Å². The third kappa shape index (κ3) is 4.01. The van der Waals surface area contributed by atoms with E-state index < -0.39 is 9.84 Å². The Morgan fingerprint density at radius 1 is 1.00 bits per heavy atom. The highest BCUT2D eigenvalue weighted by Gasteiger charge is 2.37. The molecule has 0 saturated carbocycles. The molecule has 0 aliphatic carbocycles. The quantitative estimate of drug-likeness (QED) is 0.620. The minimum absolute atomic E-state index is 0.0997. The lowest BCUT2D eigenvalue weighted by atomic mass is 10.1. The predicted octanol–water partition coefficient (Wildman–Crippen LogP) is 4.32. The van der Waals surface area contributed by atoms with Crippen LogP contribution < -0.4 is 4.74 Å². The topological polar surface area (TPSA) is 56.3 Å². The third-order valence-electron chi connectivity index (χ3n) is 4.42. The van der Waals surface area contributed by atoms with Gasteiger partial charge in [0.15, 0.2) is 9.84 Å². The van der Waals surface area contributed by atoms with Crippen molar-refractivity contribution in [2.45, 2.75) is 21.5 Å². The molecule has 0 spiro atoms. The molecule has 1 aliphatic rings. The first-order valence-corrected chi connectivity index (χ1v) is 11.3. The lowest BCUT2D eigenvalue weighted by Crippen LogP contribution is -2.05. The SMILES string of the molecule is O=S1(=O)CC(Sc2ccccc2)c2c(OCCc3ccccn3)cccc21. The average Bonchev–Trinajstić information content (AvgIpc) is 2.94. The summed E-state index contributed by atoms with van der Waals surface area (Å²) in [6.45, 7) is 0.455. The Morgan fingerprint density at radius 3 is 2.59 bits per heavy atom. The number of hydrogen-bond donors (Lipinski definition) is 0. The Morgan fingerprint density at radius 2 is 1.81 bits per heavy atom. The highest BCUT2D eigenvalue weighted by atomic mass is 32.2. The monoisotopic (exact) mass is 397 g/mol. The maximum absolute atomic E-state index is 12.6. The zero-order valence-corrected chi connectivity index (χ0v) is 16.2. The minimum Gasteiger partial charge on any atom is -0.493 e. The van der Waals surface area contributed by atoms with E-state index in [0.717, 1.165) is 16.2 Å². The van der Waals surface area contributed by atoms with Crippen molar-refractivity contribution < 1.29 is 13.2 Å².